The van der Waals surface area contributed by atoms with Crippen LogP contribution in [-0.4, -0.2) is 11.8 Å². The Hall–Kier alpha value is -0.740. The summed E-state index contributed by atoms with van der Waals surface area (Å²) in [6, 6.07) is 4.20. The molecule has 2 nitrogen and oxygen atoms in total. The van der Waals surface area contributed by atoms with Crippen molar-refractivity contribution in [1.29, 1.82) is 0 Å². The second-order valence-electron chi connectivity index (χ2n) is 4.27. The third kappa shape index (κ3) is 3.61. The predicted molar refractivity (Wildman–Crippen MR) is 70.2 cm³/mol. The largest absolute Gasteiger partial charge is 0.321 e. The van der Waals surface area contributed by atoms with E-state index in [1.807, 2.05) is 13.8 Å². The van der Waals surface area contributed by atoms with Crippen LogP contribution in [0.3, 0.4) is 0 Å². The maximum Gasteiger partial charge on any atom is 0.154 e. The van der Waals surface area contributed by atoms with Crippen LogP contribution >= 0.6 is 15.9 Å². The lowest BCUT2D eigenvalue weighted by Crippen LogP contribution is -2.37. The molecule has 0 aliphatic carbocycles. The first kappa shape index (κ1) is 14.3. The Morgan fingerprint density at radius 2 is 2.18 bits per heavy atom. The number of hydrogen-bond acceptors (Lipinski definition) is 2. The van der Waals surface area contributed by atoms with E-state index in [1.54, 1.807) is 12.1 Å². The topological polar surface area (TPSA) is 43.1 Å². The zero-order chi connectivity index (χ0) is 13.0. The molecule has 0 aliphatic rings. The van der Waals surface area contributed by atoms with Gasteiger partial charge in [-0.25, -0.2) is 4.39 Å². The van der Waals surface area contributed by atoms with E-state index >= 15 is 0 Å². The molecule has 0 aromatic heterocycles. The van der Waals surface area contributed by atoms with Crippen LogP contribution in [0.15, 0.2) is 22.7 Å². The molecule has 0 fully saturated rings. The van der Waals surface area contributed by atoms with E-state index in [2.05, 4.69) is 15.9 Å². The van der Waals surface area contributed by atoms with Crippen molar-refractivity contribution in [2.24, 2.45) is 11.7 Å². The Bertz CT molecular complexity index is 408. The van der Waals surface area contributed by atoms with Crippen LogP contribution in [0.2, 0.25) is 0 Å². The second-order valence-corrected chi connectivity index (χ2v) is 5.06. The van der Waals surface area contributed by atoms with Crippen molar-refractivity contribution in [1.82, 2.24) is 0 Å². The Balaban J connectivity index is 2.78. The summed E-state index contributed by atoms with van der Waals surface area (Å²) in [5.41, 5.74) is 6.50. The molecule has 2 unspecified atom stereocenters. The average Bonchev–Trinajstić information content (AvgIpc) is 2.32. The number of halogens is 2. The predicted octanol–water partition coefficient (Wildman–Crippen LogP) is 3.07. The summed E-state index contributed by atoms with van der Waals surface area (Å²) in [7, 11) is 0. The molecule has 94 valence electrons. The van der Waals surface area contributed by atoms with Crippen molar-refractivity contribution in [2.45, 2.75) is 32.7 Å². The van der Waals surface area contributed by atoms with Crippen LogP contribution < -0.4 is 5.73 Å². The van der Waals surface area contributed by atoms with E-state index in [-0.39, 0.29) is 23.9 Å². The quantitative estimate of drug-likeness (QED) is 0.908. The van der Waals surface area contributed by atoms with Gasteiger partial charge in [-0.2, -0.15) is 0 Å². The fraction of sp³-hybridized carbons (Fsp3) is 0.462. The number of benzene rings is 1. The number of Topliss-reactive ketones (excluding diaryl/α,β-unsaturated/α-hetero) is 1. The maximum atomic E-state index is 13.3. The van der Waals surface area contributed by atoms with Crippen LogP contribution in [0.1, 0.15) is 25.8 Å². The SMILES string of the molecule is CCC(C)C(N)C(=O)Cc1cccc(F)c1Br. The third-order valence-electron chi connectivity index (χ3n) is 3.03. The summed E-state index contributed by atoms with van der Waals surface area (Å²) < 4.78 is 13.6. The summed E-state index contributed by atoms with van der Waals surface area (Å²) in [5.74, 6) is -0.257. The lowest BCUT2D eigenvalue weighted by Gasteiger charge is -2.17. The van der Waals surface area contributed by atoms with E-state index in [0.29, 0.717) is 10.0 Å². The number of nitrogens with two attached hydrogens (primary N) is 1. The molecule has 2 atom stereocenters. The standard InChI is InChI=1S/C13H17BrFNO/c1-3-8(2)13(16)11(17)7-9-5-4-6-10(15)12(9)14/h4-6,8,13H,3,7,16H2,1-2H3. The smallest absolute Gasteiger partial charge is 0.154 e. The van der Waals surface area contributed by atoms with Gasteiger partial charge in [-0.3, -0.25) is 4.79 Å². The van der Waals surface area contributed by atoms with Crippen molar-refractivity contribution in [3.05, 3.63) is 34.1 Å². The van der Waals surface area contributed by atoms with E-state index in [9.17, 15) is 9.18 Å². The molecule has 0 saturated carbocycles. The molecule has 1 rings (SSSR count). The normalized spacial score (nSPS) is 14.4. The van der Waals surface area contributed by atoms with Crippen LogP contribution in [0.5, 0.6) is 0 Å². The van der Waals surface area contributed by atoms with Gasteiger partial charge in [0.25, 0.3) is 0 Å². The minimum atomic E-state index is -0.477. The summed E-state index contributed by atoms with van der Waals surface area (Å²) >= 11 is 3.14. The van der Waals surface area contributed by atoms with Crippen molar-refractivity contribution in [3.63, 3.8) is 0 Å². The molecule has 0 aliphatic heterocycles. The van der Waals surface area contributed by atoms with Gasteiger partial charge in [0.2, 0.25) is 0 Å². The summed E-state index contributed by atoms with van der Waals surface area (Å²) in [6.07, 6.45) is 1.03. The molecule has 2 N–H and O–H groups in total. The van der Waals surface area contributed by atoms with E-state index in [0.717, 1.165) is 6.42 Å². The van der Waals surface area contributed by atoms with Crippen molar-refractivity contribution in [2.75, 3.05) is 0 Å². The Labute approximate surface area is 110 Å². The lowest BCUT2D eigenvalue weighted by molar-refractivity contribution is -0.120. The van der Waals surface area contributed by atoms with Crippen LogP contribution in [0.25, 0.3) is 0 Å². The van der Waals surface area contributed by atoms with Crippen molar-refractivity contribution < 1.29 is 9.18 Å². The highest BCUT2D eigenvalue weighted by Gasteiger charge is 2.20. The fourth-order valence-electron chi connectivity index (χ4n) is 1.56. The van der Waals surface area contributed by atoms with Gasteiger partial charge < -0.3 is 5.73 Å². The zero-order valence-electron chi connectivity index (χ0n) is 10.0. The van der Waals surface area contributed by atoms with E-state index < -0.39 is 6.04 Å². The first-order chi connectivity index (χ1) is 7.97. The molecule has 0 bridgehead atoms. The highest BCUT2D eigenvalue weighted by atomic mass is 79.9. The van der Waals surface area contributed by atoms with E-state index in [4.69, 9.17) is 5.73 Å². The molecule has 0 radical (unpaired) electrons. The molecule has 0 amide bonds. The Kier molecular flexibility index (Phi) is 5.28. The van der Waals surface area contributed by atoms with Crippen LogP contribution in [0, 0.1) is 11.7 Å². The summed E-state index contributed by atoms with van der Waals surface area (Å²) in [4.78, 5) is 11.9. The first-order valence-corrected chi connectivity index (χ1v) is 6.47. The highest BCUT2D eigenvalue weighted by molar-refractivity contribution is 9.10. The van der Waals surface area contributed by atoms with E-state index in [1.165, 1.54) is 6.07 Å². The van der Waals surface area contributed by atoms with Gasteiger partial charge in [0.05, 0.1) is 10.5 Å². The van der Waals surface area contributed by atoms with Gasteiger partial charge in [-0.05, 0) is 33.5 Å². The van der Waals surface area contributed by atoms with Gasteiger partial charge in [0.1, 0.15) is 5.82 Å². The van der Waals surface area contributed by atoms with Gasteiger partial charge in [0.15, 0.2) is 5.78 Å². The van der Waals surface area contributed by atoms with Gasteiger partial charge in [-0.1, -0.05) is 32.4 Å². The average molecular weight is 302 g/mol. The number of hydrogen-bond donors (Lipinski definition) is 1. The van der Waals surface area contributed by atoms with Crippen LogP contribution in [-0.2, 0) is 11.2 Å². The maximum absolute atomic E-state index is 13.3. The lowest BCUT2D eigenvalue weighted by atomic mass is 9.93. The molecule has 1 aromatic rings. The highest BCUT2D eigenvalue weighted by Crippen LogP contribution is 2.21. The number of rotatable bonds is 5. The molecule has 0 heterocycles. The first-order valence-electron chi connectivity index (χ1n) is 5.68. The number of carbonyl (C=O) groups excluding carboxylic acids is 1. The monoisotopic (exact) mass is 301 g/mol. The Morgan fingerprint density at radius 1 is 1.53 bits per heavy atom. The van der Waals surface area contributed by atoms with Gasteiger partial charge in [-0.15, -0.1) is 0 Å². The minimum absolute atomic E-state index is 0.0503. The fourth-order valence-corrected chi connectivity index (χ4v) is 1.97. The minimum Gasteiger partial charge on any atom is -0.321 e. The van der Waals surface area contributed by atoms with Gasteiger partial charge >= 0.3 is 0 Å². The second kappa shape index (κ2) is 6.26. The van der Waals surface area contributed by atoms with Crippen molar-refractivity contribution >= 4 is 21.7 Å². The molecule has 0 spiro atoms. The Morgan fingerprint density at radius 3 is 2.76 bits per heavy atom. The molecular formula is C13H17BrFNO. The summed E-state index contributed by atoms with van der Waals surface area (Å²) in [5, 5.41) is 0. The molecule has 4 heteroatoms. The van der Waals surface area contributed by atoms with Gasteiger partial charge in [0, 0.05) is 6.42 Å². The molecular weight excluding hydrogens is 285 g/mol. The third-order valence-corrected chi connectivity index (χ3v) is 3.91. The summed E-state index contributed by atoms with van der Waals surface area (Å²) in [6.45, 7) is 3.94. The number of carbonyl (C=O) groups is 1. The molecule has 1 aromatic carbocycles. The van der Waals surface area contributed by atoms with Crippen LogP contribution in [0.4, 0.5) is 4.39 Å². The molecule has 17 heavy (non-hydrogen) atoms. The number of ketones is 1. The zero-order valence-corrected chi connectivity index (χ0v) is 11.6. The molecule has 0 saturated heterocycles. The van der Waals surface area contributed by atoms with Crippen molar-refractivity contribution in [3.8, 4) is 0 Å².